The molecular formula is C16H13ClN4O. The van der Waals surface area contributed by atoms with E-state index in [1.165, 1.54) is 4.57 Å². The predicted octanol–water partition coefficient (Wildman–Crippen LogP) is -1.74. The van der Waals surface area contributed by atoms with E-state index in [1.54, 1.807) is 12.1 Å². The number of aromatic nitrogens is 3. The molecule has 5 nitrogen and oxygen atoms in total. The quantitative estimate of drug-likeness (QED) is 0.539. The zero-order valence-corrected chi connectivity index (χ0v) is 12.4. The highest BCUT2D eigenvalue weighted by atomic mass is 35.5. The summed E-state index contributed by atoms with van der Waals surface area (Å²) in [6, 6.07) is 15.0. The number of fused-ring (bicyclic) bond motifs is 1. The summed E-state index contributed by atoms with van der Waals surface area (Å²) in [6.07, 6.45) is 3.80. The van der Waals surface area contributed by atoms with Crippen molar-refractivity contribution in [3.63, 3.8) is 0 Å². The second-order valence-electron chi connectivity index (χ2n) is 4.64. The van der Waals surface area contributed by atoms with E-state index in [0.29, 0.717) is 23.3 Å². The van der Waals surface area contributed by atoms with Crippen LogP contribution in [0.5, 0.6) is 0 Å². The molecule has 0 radical (unpaired) electrons. The number of para-hydroxylation sites is 1. The number of rotatable bonds is 3. The lowest BCUT2D eigenvalue weighted by atomic mass is 10.2. The lowest BCUT2D eigenvalue weighted by molar-refractivity contribution is -0.689. The van der Waals surface area contributed by atoms with Crippen molar-refractivity contribution >= 4 is 10.9 Å². The molecule has 0 aliphatic heterocycles. The van der Waals surface area contributed by atoms with Gasteiger partial charge in [0.25, 0.3) is 5.56 Å². The number of nitriles is 1. The number of halogens is 1. The van der Waals surface area contributed by atoms with Gasteiger partial charge < -0.3 is 12.4 Å². The molecule has 0 fully saturated rings. The number of hydrogen-bond donors (Lipinski definition) is 0. The Balaban J connectivity index is 0.00000176. The zero-order valence-electron chi connectivity index (χ0n) is 11.7. The number of pyridine rings is 1. The maximum atomic E-state index is 12.5. The summed E-state index contributed by atoms with van der Waals surface area (Å²) in [4.78, 5) is 17.0. The summed E-state index contributed by atoms with van der Waals surface area (Å²) < 4.78 is 3.35. The molecule has 2 aromatic heterocycles. The molecule has 0 amide bonds. The average Bonchev–Trinajstić information content (AvgIpc) is 2.52. The van der Waals surface area contributed by atoms with Gasteiger partial charge in [0.15, 0.2) is 18.2 Å². The van der Waals surface area contributed by atoms with Crippen LogP contribution in [0, 0.1) is 11.3 Å². The Hall–Kier alpha value is -2.71. The van der Waals surface area contributed by atoms with Crippen molar-refractivity contribution in [3.05, 3.63) is 71.0 Å². The first-order valence-electron chi connectivity index (χ1n) is 6.59. The average molecular weight is 313 g/mol. The number of benzene rings is 1. The van der Waals surface area contributed by atoms with Gasteiger partial charge in [0.2, 0.25) is 6.54 Å². The summed E-state index contributed by atoms with van der Waals surface area (Å²) >= 11 is 0. The van der Waals surface area contributed by atoms with Gasteiger partial charge in [-0.1, -0.05) is 18.2 Å². The zero-order chi connectivity index (χ0) is 14.7. The Bertz CT molecular complexity index is 884. The fourth-order valence-electron chi connectivity index (χ4n) is 2.27. The van der Waals surface area contributed by atoms with Gasteiger partial charge in [-0.25, -0.2) is 4.98 Å². The van der Waals surface area contributed by atoms with Gasteiger partial charge in [0.1, 0.15) is 6.54 Å². The molecule has 0 bridgehead atoms. The van der Waals surface area contributed by atoms with Crippen LogP contribution >= 0.6 is 0 Å². The van der Waals surface area contributed by atoms with E-state index >= 15 is 0 Å². The van der Waals surface area contributed by atoms with Crippen molar-refractivity contribution in [3.8, 4) is 6.07 Å². The predicted molar refractivity (Wildman–Crippen MR) is 77.4 cm³/mol. The summed E-state index contributed by atoms with van der Waals surface area (Å²) in [7, 11) is 0. The van der Waals surface area contributed by atoms with Crippen LogP contribution in [0.4, 0.5) is 0 Å². The molecule has 6 heteroatoms. The second kappa shape index (κ2) is 6.83. The summed E-state index contributed by atoms with van der Waals surface area (Å²) in [5, 5.41) is 9.50. The first-order chi connectivity index (χ1) is 10.3. The lowest BCUT2D eigenvalue weighted by Crippen LogP contribution is -3.00. The van der Waals surface area contributed by atoms with E-state index in [9.17, 15) is 4.79 Å². The minimum absolute atomic E-state index is 0. The monoisotopic (exact) mass is 312 g/mol. The lowest BCUT2D eigenvalue weighted by Gasteiger charge is -2.08. The molecule has 3 aromatic rings. The van der Waals surface area contributed by atoms with Crippen molar-refractivity contribution in [2.45, 2.75) is 13.1 Å². The number of nitrogens with zero attached hydrogens (tertiary/aromatic N) is 4. The van der Waals surface area contributed by atoms with Gasteiger partial charge in [-0.3, -0.25) is 9.36 Å². The fourth-order valence-corrected chi connectivity index (χ4v) is 2.27. The van der Waals surface area contributed by atoms with Crippen LogP contribution in [0.3, 0.4) is 0 Å². The molecular weight excluding hydrogens is 300 g/mol. The Morgan fingerprint density at radius 1 is 1.14 bits per heavy atom. The highest BCUT2D eigenvalue weighted by Crippen LogP contribution is 2.07. The third-order valence-corrected chi connectivity index (χ3v) is 3.27. The van der Waals surface area contributed by atoms with Crippen molar-refractivity contribution in [2.24, 2.45) is 0 Å². The van der Waals surface area contributed by atoms with Crippen LogP contribution in [-0.2, 0) is 13.1 Å². The summed E-state index contributed by atoms with van der Waals surface area (Å²) in [5.74, 6) is 0.580. The molecule has 0 N–H and O–H groups in total. The Morgan fingerprint density at radius 3 is 2.59 bits per heavy atom. The SMILES string of the molecule is N#CCn1c(C[n+]2ccccc2)nc2ccccc2c1=O.[Cl-]. The Labute approximate surface area is 133 Å². The van der Waals surface area contributed by atoms with Crippen LogP contribution in [-0.4, -0.2) is 9.55 Å². The normalized spacial score (nSPS) is 9.95. The summed E-state index contributed by atoms with van der Waals surface area (Å²) in [5.41, 5.74) is 0.483. The molecule has 0 saturated carbocycles. The van der Waals surface area contributed by atoms with E-state index in [2.05, 4.69) is 4.98 Å². The molecule has 1 aromatic carbocycles. The van der Waals surface area contributed by atoms with E-state index < -0.39 is 0 Å². The highest BCUT2D eigenvalue weighted by Gasteiger charge is 2.13. The molecule has 0 aliphatic carbocycles. The van der Waals surface area contributed by atoms with Gasteiger partial charge in [-0.2, -0.15) is 9.83 Å². The Kier molecular flexibility index (Phi) is 4.87. The van der Waals surface area contributed by atoms with Gasteiger partial charge in [0, 0.05) is 12.1 Å². The van der Waals surface area contributed by atoms with Crippen LogP contribution in [0.15, 0.2) is 59.7 Å². The third-order valence-electron chi connectivity index (χ3n) is 3.27. The van der Waals surface area contributed by atoms with Crippen LogP contribution in [0.2, 0.25) is 0 Å². The standard InChI is InChI=1S/C16H13N4O.ClH/c17-8-11-20-15(12-19-9-4-1-5-10-19)18-14-7-3-2-6-13(14)16(20)21;/h1-7,9-10H,11-12H2;1H/q+1;/p-1. The molecule has 0 atom stereocenters. The first-order valence-corrected chi connectivity index (χ1v) is 6.59. The molecule has 2 heterocycles. The largest absolute Gasteiger partial charge is 1.00 e. The molecule has 0 unspecified atom stereocenters. The minimum Gasteiger partial charge on any atom is -1.00 e. The molecule has 110 valence electrons. The van der Waals surface area contributed by atoms with Crippen LogP contribution < -0.4 is 22.5 Å². The maximum Gasteiger partial charge on any atom is 0.262 e. The van der Waals surface area contributed by atoms with Crippen LogP contribution in [0.25, 0.3) is 10.9 Å². The van der Waals surface area contributed by atoms with Gasteiger partial charge in [-0.15, -0.1) is 0 Å². The van der Waals surface area contributed by atoms with Gasteiger partial charge in [0.05, 0.1) is 17.0 Å². The van der Waals surface area contributed by atoms with E-state index in [1.807, 2.05) is 53.4 Å². The molecule has 0 saturated heterocycles. The maximum absolute atomic E-state index is 12.5. The molecule has 22 heavy (non-hydrogen) atoms. The van der Waals surface area contributed by atoms with Crippen LogP contribution in [0.1, 0.15) is 5.82 Å². The molecule has 0 aliphatic rings. The molecule has 3 rings (SSSR count). The van der Waals surface area contributed by atoms with E-state index in [-0.39, 0.29) is 24.5 Å². The first kappa shape index (κ1) is 15.7. The number of hydrogen-bond acceptors (Lipinski definition) is 3. The smallest absolute Gasteiger partial charge is 0.262 e. The van der Waals surface area contributed by atoms with Crippen molar-refractivity contribution < 1.29 is 17.0 Å². The van der Waals surface area contributed by atoms with E-state index in [0.717, 1.165) is 0 Å². The summed E-state index contributed by atoms with van der Waals surface area (Å²) in [6.45, 7) is 0.446. The van der Waals surface area contributed by atoms with Crippen molar-refractivity contribution in [1.82, 2.24) is 9.55 Å². The molecule has 0 spiro atoms. The highest BCUT2D eigenvalue weighted by molar-refractivity contribution is 5.77. The van der Waals surface area contributed by atoms with E-state index in [4.69, 9.17) is 5.26 Å². The minimum atomic E-state index is -0.173. The topological polar surface area (TPSA) is 62.6 Å². The van der Waals surface area contributed by atoms with Gasteiger partial charge in [-0.05, 0) is 12.1 Å². The fraction of sp³-hybridized carbons (Fsp3) is 0.125. The third kappa shape index (κ3) is 2.97. The van der Waals surface area contributed by atoms with Gasteiger partial charge >= 0.3 is 0 Å². The van der Waals surface area contributed by atoms with Crippen molar-refractivity contribution in [1.29, 1.82) is 5.26 Å². The Morgan fingerprint density at radius 2 is 1.86 bits per heavy atom. The van der Waals surface area contributed by atoms with Crippen molar-refractivity contribution in [2.75, 3.05) is 0 Å². The second-order valence-corrected chi connectivity index (χ2v) is 4.64.